The highest BCUT2D eigenvalue weighted by Crippen LogP contribution is 2.08. The number of hydrogen-bond acceptors (Lipinski definition) is 3. The van der Waals surface area contributed by atoms with Gasteiger partial charge in [0.2, 0.25) is 5.91 Å². The van der Waals surface area contributed by atoms with E-state index in [0.717, 1.165) is 17.7 Å². The van der Waals surface area contributed by atoms with Crippen LogP contribution in [0.4, 0.5) is 5.69 Å². The molecule has 0 spiro atoms. The molecule has 0 aliphatic carbocycles. The molecule has 0 heterocycles. The fourth-order valence-electron chi connectivity index (χ4n) is 2.66. The van der Waals surface area contributed by atoms with Gasteiger partial charge in [-0.15, -0.1) is 0 Å². The Kier molecular flexibility index (Phi) is 8.69. The SMILES string of the molecule is CCNC(=NCC(=O)Nc1ccccc1)NCCc1cccc(C(=O)N(C)C)c1. The number of anilines is 1. The second kappa shape index (κ2) is 11.5. The largest absolute Gasteiger partial charge is 0.357 e. The minimum absolute atomic E-state index is 0.0147. The van der Waals surface area contributed by atoms with Crippen molar-refractivity contribution in [2.75, 3.05) is 39.0 Å². The van der Waals surface area contributed by atoms with E-state index in [2.05, 4.69) is 20.9 Å². The van der Waals surface area contributed by atoms with Gasteiger partial charge in [0.15, 0.2) is 5.96 Å². The van der Waals surface area contributed by atoms with Gasteiger partial charge in [-0.2, -0.15) is 0 Å². The Morgan fingerprint density at radius 3 is 2.45 bits per heavy atom. The van der Waals surface area contributed by atoms with E-state index in [0.29, 0.717) is 24.6 Å². The van der Waals surface area contributed by atoms with E-state index >= 15 is 0 Å². The van der Waals surface area contributed by atoms with E-state index in [-0.39, 0.29) is 18.4 Å². The smallest absolute Gasteiger partial charge is 0.253 e. The quantitative estimate of drug-likeness (QED) is 0.472. The topological polar surface area (TPSA) is 85.8 Å². The number of nitrogens with zero attached hydrogens (tertiary/aromatic N) is 2. The molecule has 0 aliphatic rings. The molecule has 0 saturated heterocycles. The molecular weight excluding hydrogens is 366 g/mol. The van der Waals surface area contributed by atoms with E-state index in [9.17, 15) is 9.59 Å². The highest BCUT2D eigenvalue weighted by molar-refractivity contribution is 5.94. The summed E-state index contributed by atoms with van der Waals surface area (Å²) in [5.41, 5.74) is 2.48. The molecule has 29 heavy (non-hydrogen) atoms. The van der Waals surface area contributed by atoms with Crippen LogP contribution in [0.2, 0.25) is 0 Å². The maximum Gasteiger partial charge on any atom is 0.253 e. The monoisotopic (exact) mass is 395 g/mol. The summed E-state index contributed by atoms with van der Waals surface area (Å²) in [5.74, 6) is 0.388. The second-order valence-electron chi connectivity index (χ2n) is 6.69. The molecule has 0 unspecified atom stereocenters. The van der Waals surface area contributed by atoms with Crippen LogP contribution in [-0.4, -0.2) is 56.4 Å². The summed E-state index contributed by atoms with van der Waals surface area (Å²) >= 11 is 0. The van der Waals surface area contributed by atoms with Crippen LogP contribution in [0.3, 0.4) is 0 Å². The van der Waals surface area contributed by atoms with Crippen molar-refractivity contribution in [2.24, 2.45) is 4.99 Å². The Morgan fingerprint density at radius 2 is 1.76 bits per heavy atom. The zero-order valence-electron chi connectivity index (χ0n) is 17.2. The number of aliphatic imine (C=N–C) groups is 1. The molecule has 2 aromatic rings. The lowest BCUT2D eigenvalue weighted by Crippen LogP contribution is -2.39. The summed E-state index contributed by atoms with van der Waals surface area (Å²) < 4.78 is 0. The van der Waals surface area contributed by atoms with Crippen LogP contribution in [0.15, 0.2) is 59.6 Å². The van der Waals surface area contributed by atoms with E-state index in [1.807, 2.05) is 61.5 Å². The summed E-state index contributed by atoms with van der Waals surface area (Å²) in [6.07, 6.45) is 0.731. The summed E-state index contributed by atoms with van der Waals surface area (Å²) in [6, 6.07) is 16.9. The number of rotatable bonds is 8. The average Bonchev–Trinajstić information content (AvgIpc) is 2.72. The third-order valence-corrected chi connectivity index (χ3v) is 4.07. The molecule has 3 N–H and O–H groups in total. The molecular formula is C22H29N5O2. The van der Waals surface area contributed by atoms with Crippen molar-refractivity contribution < 1.29 is 9.59 Å². The zero-order valence-corrected chi connectivity index (χ0v) is 17.2. The maximum absolute atomic E-state index is 12.1. The van der Waals surface area contributed by atoms with Gasteiger partial charge >= 0.3 is 0 Å². The minimum atomic E-state index is -0.177. The Morgan fingerprint density at radius 1 is 1.00 bits per heavy atom. The summed E-state index contributed by atoms with van der Waals surface area (Å²) in [4.78, 5) is 30.0. The first-order chi connectivity index (χ1) is 14.0. The zero-order chi connectivity index (χ0) is 21.1. The van der Waals surface area contributed by atoms with Crippen molar-refractivity contribution in [3.05, 3.63) is 65.7 Å². The molecule has 7 nitrogen and oxygen atoms in total. The summed E-state index contributed by atoms with van der Waals surface area (Å²) in [6.45, 7) is 3.32. The van der Waals surface area contributed by atoms with Crippen LogP contribution in [-0.2, 0) is 11.2 Å². The normalized spacial score (nSPS) is 10.9. The van der Waals surface area contributed by atoms with Crippen molar-refractivity contribution >= 4 is 23.5 Å². The Labute approximate surface area is 172 Å². The fourth-order valence-corrected chi connectivity index (χ4v) is 2.66. The first kappa shape index (κ1) is 21.9. The highest BCUT2D eigenvalue weighted by Gasteiger charge is 2.08. The molecule has 2 amide bonds. The molecule has 154 valence electrons. The van der Waals surface area contributed by atoms with Gasteiger partial charge in [-0.05, 0) is 43.2 Å². The lowest BCUT2D eigenvalue weighted by Gasteiger charge is -2.13. The first-order valence-electron chi connectivity index (χ1n) is 9.67. The van der Waals surface area contributed by atoms with Crippen molar-refractivity contribution in [3.63, 3.8) is 0 Å². The Hall–Kier alpha value is -3.35. The van der Waals surface area contributed by atoms with Crippen LogP contribution < -0.4 is 16.0 Å². The van der Waals surface area contributed by atoms with E-state index in [1.165, 1.54) is 0 Å². The van der Waals surface area contributed by atoms with Crippen LogP contribution in [0.1, 0.15) is 22.8 Å². The molecule has 0 fully saturated rings. The summed E-state index contributed by atoms with van der Waals surface area (Å²) in [5, 5.41) is 9.16. The van der Waals surface area contributed by atoms with Gasteiger partial charge in [-0.3, -0.25) is 9.59 Å². The van der Waals surface area contributed by atoms with Gasteiger partial charge in [-0.1, -0.05) is 30.3 Å². The summed E-state index contributed by atoms with van der Waals surface area (Å²) in [7, 11) is 3.48. The number of carbonyl (C=O) groups is 2. The molecule has 0 radical (unpaired) electrons. The van der Waals surface area contributed by atoms with Crippen LogP contribution in [0.25, 0.3) is 0 Å². The van der Waals surface area contributed by atoms with Gasteiger partial charge < -0.3 is 20.9 Å². The molecule has 2 rings (SSSR count). The number of amides is 2. The highest BCUT2D eigenvalue weighted by atomic mass is 16.2. The Bertz CT molecular complexity index is 834. The van der Waals surface area contributed by atoms with E-state index in [1.54, 1.807) is 19.0 Å². The lowest BCUT2D eigenvalue weighted by atomic mass is 10.1. The number of benzene rings is 2. The number of para-hydroxylation sites is 1. The molecule has 0 saturated carbocycles. The molecule has 0 bridgehead atoms. The number of carbonyl (C=O) groups excluding carboxylic acids is 2. The molecule has 7 heteroatoms. The fraction of sp³-hybridized carbons (Fsp3) is 0.318. The van der Waals surface area contributed by atoms with Crippen molar-refractivity contribution in [1.29, 1.82) is 0 Å². The van der Waals surface area contributed by atoms with Gasteiger partial charge in [0.25, 0.3) is 5.91 Å². The first-order valence-corrected chi connectivity index (χ1v) is 9.67. The molecule has 2 aromatic carbocycles. The van der Waals surface area contributed by atoms with Crippen LogP contribution in [0, 0.1) is 0 Å². The standard InChI is InChI=1S/C22H29N5O2/c1-4-23-22(25-16-20(28)26-19-11-6-5-7-12-19)24-14-13-17-9-8-10-18(15-17)21(29)27(2)3/h5-12,15H,4,13-14,16H2,1-3H3,(H,26,28)(H2,23,24,25). The third-order valence-electron chi connectivity index (χ3n) is 4.07. The number of hydrogen-bond donors (Lipinski definition) is 3. The number of nitrogens with one attached hydrogen (secondary N) is 3. The van der Waals surface area contributed by atoms with Crippen LogP contribution >= 0.6 is 0 Å². The van der Waals surface area contributed by atoms with Crippen LogP contribution in [0.5, 0.6) is 0 Å². The number of guanidine groups is 1. The van der Waals surface area contributed by atoms with Gasteiger partial charge in [0.1, 0.15) is 6.54 Å². The van der Waals surface area contributed by atoms with Gasteiger partial charge in [-0.25, -0.2) is 4.99 Å². The lowest BCUT2D eigenvalue weighted by molar-refractivity contribution is -0.114. The van der Waals surface area contributed by atoms with Crippen molar-refractivity contribution in [2.45, 2.75) is 13.3 Å². The van der Waals surface area contributed by atoms with Crippen molar-refractivity contribution in [1.82, 2.24) is 15.5 Å². The predicted octanol–water partition coefficient (Wildman–Crippen LogP) is 2.12. The third kappa shape index (κ3) is 7.65. The second-order valence-corrected chi connectivity index (χ2v) is 6.69. The Balaban J connectivity index is 1.87. The van der Waals surface area contributed by atoms with Gasteiger partial charge in [0, 0.05) is 38.4 Å². The molecule has 0 aliphatic heterocycles. The molecule has 0 atom stereocenters. The van der Waals surface area contributed by atoms with Gasteiger partial charge in [0.05, 0.1) is 0 Å². The predicted molar refractivity (Wildman–Crippen MR) is 117 cm³/mol. The minimum Gasteiger partial charge on any atom is -0.357 e. The van der Waals surface area contributed by atoms with E-state index in [4.69, 9.17) is 0 Å². The molecule has 0 aromatic heterocycles. The van der Waals surface area contributed by atoms with E-state index < -0.39 is 0 Å². The van der Waals surface area contributed by atoms with Crippen molar-refractivity contribution in [3.8, 4) is 0 Å². The average molecular weight is 396 g/mol. The maximum atomic E-state index is 12.1.